The zero-order chi connectivity index (χ0) is 12.8. The molecular formula is C8H24N6O2. The maximum Gasteiger partial charge on any atom is 0.114 e. The first-order chi connectivity index (χ1) is 7.27. The van der Waals surface area contributed by atoms with Crippen LogP contribution >= 0.6 is 0 Å². The maximum atomic E-state index is 5.44. The molecule has 0 fully saturated rings. The molecule has 8 nitrogen and oxygen atoms in total. The SMILES string of the molecule is COC(C)(C)C(C)(C)ONNNN(C)NN. The summed E-state index contributed by atoms with van der Waals surface area (Å²) in [5, 5.41) is 1.39. The summed E-state index contributed by atoms with van der Waals surface area (Å²) in [6.45, 7) is 7.71. The van der Waals surface area contributed by atoms with Crippen LogP contribution in [-0.2, 0) is 9.57 Å². The molecule has 0 aliphatic rings. The van der Waals surface area contributed by atoms with Crippen LogP contribution in [-0.4, -0.2) is 30.5 Å². The van der Waals surface area contributed by atoms with Crippen molar-refractivity contribution < 1.29 is 9.57 Å². The Morgan fingerprint density at radius 1 is 1.12 bits per heavy atom. The first-order valence-corrected chi connectivity index (χ1v) is 4.95. The number of nitrogens with zero attached hydrogens (tertiary/aromatic N) is 1. The van der Waals surface area contributed by atoms with Crippen LogP contribution < -0.4 is 28.0 Å². The summed E-state index contributed by atoms with van der Waals surface area (Å²) in [6.07, 6.45) is 0. The highest BCUT2D eigenvalue weighted by atomic mass is 16.7. The van der Waals surface area contributed by atoms with E-state index in [1.807, 2.05) is 27.7 Å². The summed E-state index contributed by atoms with van der Waals surface area (Å²) in [4.78, 5) is 5.44. The summed E-state index contributed by atoms with van der Waals surface area (Å²) < 4.78 is 5.35. The van der Waals surface area contributed by atoms with Crippen LogP contribution in [0.1, 0.15) is 27.7 Å². The highest BCUT2D eigenvalue weighted by Gasteiger charge is 2.38. The smallest absolute Gasteiger partial charge is 0.114 e. The number of nitrogens with one attached hydrogen (secondary N) is 4. The maximum absolute atomic E-state index is 5.44. The number of nitrogens with two attached hydrogens (primary N) is 1. The van der Waals surface area contributed by atoms with Gasteiger partial charge in [-0.2, -0.15) is 21.7 Å². The molecule has 0 bridgehead atoms. The molecular weight excluding hydrogens is 212 g/mol. The minimum Gasteiger partial charge on any atom is -0.376 e. The van der Waals surface area contributed by atoms with Crippen molar-refractivity contribution in [1.82, 2.24) is 27.3 Å². The highest BCUT2D eigenvalue weighted by molar-refractivity contribution is 4.88. The van der Waals surface area contributed by atoms with E-state index in [0.717, 1.165) is 0 Å². The van der Waals surface area contributed by atoms with E-state index in [1.54, 1.807) is 14.2 Å². The van der Waals surface area contributed by atoms with Crippen LogP contribution in [0.25, 0.3) is 0 Å². The van der Waals surface area contributed by atoms with Gasteiger partial charge in [0.25, 0.3) is 0 Å². The summed E-state index contributed by atoms with van der Waals surface area (Å²) >= 11 is 0. The fourth-order valence-corrected chi connectivity index (χ4v) is 0.661. The predicted octanol–water partition coefficient (Wildman–Crippen LogP) is -1.05. The standard InChI is InChI=1S/C8H24N6O2/c1-7(2,15-6)8(3,4)16-13-11-12-14(5)10-9/h10-13H,9H2,1-6H3. The van der Waals surface area contributed by atoms with E-state index in [4.69, 9.17) is 15.4 Å². The van der Waals surface area contributed by atoms with Gasteiger partial charge in [0.2, 0.25) is 0 Å². The topological polar surface area (TPSA) is 95.8 Å². The molecule has 0 unspecified atom stereocenters. The third-order valence-corrected chi connectivity index (χ3v) is 2.73. The molecule has 0 saturated heterocycles. The first-order valence-electron chi connectivity index (χ1n) is 4.95. The third kappa shape index (κ3) is 4.68. The molecule has 0 rings (SSSR count). The van der Waals surface area contributed by atoms with Crippen LogP contribution in [0, 0.1) is 0 Å². The fraction of sp³-hybridized carbons (Fsp3) is 1.00. The van der Waals surface area contributed by atoms with Crippen molar-refractivity contribution >= 4 is 0 Å². The quantitative estimate of drug-likeness (QED) is 0.207. The van der Waals surface area contributed by atoms with E-state index in [1.165, 1.54) is 5.12 Å². The van der Waals surface area contributed by atoms with E-state index in [9.17, 15) is 0 Å². The van der Waals surface area contributed by atoms with Gasteiger partial charge in [0.05, 0.1) is 5.60 Å². The molecule has 0 heterocycles. The molecule has 98 valence electrons. The minimum atomic E-state index is -0.523. The Hall–Kier alpha value is -0.320. The Bertz CT molecular complexity index is 199. The number of ether oxygens (including phenoxy) is 1. The Kier molecular flexibility index (Phi) is 6.30. The van der Waals surface area contributed by atoms with Crippen LogP contribution in [0.15, 0.2) is 0 Å². The summed E-state index contributed by atoms with van der Waals surface area (Å²) in [5.74, 6) is 5.12. The van der Waals surface area contributed by atoms with Crippen LogP contribution in [0.2, 0.25) is 0 Å². The monoisotopic (exact) mass is 236 g/mol. The fourth-order valence-electron chi connectivity index (χ4n) is 0.661. The molecule has 0 radical (unpaired) electrons. The number of methoxy groups -OCH3 is 1. The largest absolute Gasteiger partial charge is 0.376 e. The Morgan fingerprint density at radius 3 is 2.12 bits per heavy atom. The second kappa shape index (κ2) is 6.42. The molecule has 0 spiro atoms. The average molecular weight is 236 g/mol. The van der Waals surface area contributed by atoms with Gasteiger partial charge >= 0.3 is 0 Å². The zero-order valence-corrected chi connectivity index (χ0v) is 10.8. The Balaban J connectivity index is 3.92. The molecule has 0 aromatic rings. The van der Waals surface area contributed by atoms with Gasteiger partial charge in [-0.15, -0.1) is 5.59 Å². The van der Waals surface area contributed by atoms with Gasteiger partial charge in [-0.25, -0.2) is 0 Å². The third-order valence-electron chi connectivity index (χ3n) is 2.73. The van der Waals surface area contributed by atoms with Crippen molar-refractivity contribution in [3.63, 3.8) is 0 Å². The molecule has 0 aromatic carbocycles. The van der Waals surface area contributed by atoms with Gasteiger partial charge in [-0.3, -0.25) is 10.7 Å². The van der Waals surface area contributed by atoms with Crippen molar-refractivity contribution in [2.75, 3.05) is 14.2 Å². The van der Waals surface area contributed by atoms with Crippen molar-refractivity contribution in [3.8, 4) is 0 Å². The normalized spacial score (nSPS) is 13.5. The van der Waals surface area contributed by atoms with Gasteiger partial charge in [-0.05, 0) is 27.7 Å². The van der Waals surface area contributed by atoms with Gasteiger partial charge in [-0.1, -0.05) is 0 Å². The van der Waals surface area contributed by atoms with Crippen LogP contribution in [0.4, 0.5) is 0 Å². The summed E-state index contributed by atoms with van der Waals surface area (Å²) in [7, 11) is 3.32. The van der Waals surface area contributed by atoms with E-state index in [-0.39, 0.29) is 0 Å². The minimum absolute atomic E-state index is 0.431. The van der Waals surface area contributed by atoms with Crippen LogP contribution in [0.5, 0.6) is 0 Å². The molecule has 0 atom stereocenters. The van der Waals surface area contributed by atoms with Gasteiger partial charge in [0.15, 0.2) is 0 Å². The van der Waals surface area contributed by atoms with Crippen molar-refractivity contribution in [2.45, 2.75) is 38.9 Å². The van der Waals surface area contributed by atoms with E-state index in [0.29, 0.717) is 0 Å². The first kappa shape index (κ1) is 15.7. The zero-order valence-electron chi connectivity index (χ0n) is 10.8. The number of hydrazine groups is 5. The predicted molar refractivity (Wildman–Crippen MR) is 60.7 cm³/mol. The van der Waals surface area contributed by atoms with E-state index < -0.39 is 11.2 Å². The molecule has 0 aliphatic heterocycles. The Labute approximate surface area is 96.6 Å². The molecule has 0 amide bonds. The molecule has 0 saturated carbocycles. The lowest BCUT2D eigenvalue weighted by Gasteiger charge is -2.39. The van der Waals surface area contributed by atoms with Crippen molar-refractivity contribution in [3.05, 3.63) is 0 Å². The number of hydrogen-bond acceptors (Lipinski definition) is 8. The van der Waals surface area contributed by atoms with E-state index >= 15 is 0 Å². The lowest BCUT2D eigenvalue weighted by molar-refractivity contribution is -0.210. The number of rotatable bonds is 8. The van der Waals surface area contributed by atoms with Crippen molar-refractivity contribution in [1.29, 1.82) is 0 Å². The van der Waals surface area contributed by atoms with Gasteiger partial charge in [0, 0.05) is 14.2 Å². The Morgan fingerprint density at radius 2 is 1.69 bits per heavy atom. The average Bonchev–Trinajstić information content (AvgIpc) is 2.23. The molecule has 6 N–H and O–H groups in total. The van der Waals surface area contributed by atoms with E-state index in [2.05, 4.69) is 22.2 Å². The van der Waals surface area contributed by atoms with Gasteiger partial charge < -0.3 is 4.74 Å². The second-order valence-electron chi connectivity index (χ2n) is 4.35. The lowest BCUT2D eigenvalue weighted by atomic mass is 9.89. The van der Waals surface area contributed by atoms with Crippen molar-refractivity contribution in [2.24, 2.45) is 5.84 Å². The highest BCUT2D eigenvalue weighted by Crippen LogP contribution is 2.26. The molecule has 8 heteroatoms. The second-order valence-corrected chi connectivity index (χ2v) is 4.35. The molecule has 0 aliphatic carbocycles. The molecule has 0 aromatic heterocycles. The summed E-state index contributed by atoms with van der Waals surface area (Å²) in [6, 6.07) is 0. The lowest BCUT2D eigenvalue weighted by Crippen LogP contribution is -2.60. The summed E-state index contributed by atoms with van der Waals surface area (Å²) in [5.41, 5.74) is 9.18. The van der Waals surface area contributed by atoms with Crippen LogP contribution in [0.3, 0.4) is 0 Å². The van der Waals surface area contributed by atoms with Gasteiger partial charge in [0.1, 0.15) is 5.60 Å². The number of hydrogen-bond donors (Lipinski definition) is 5. The molecule has 16 heavy (non-hydrogen) atoms.